The zero-order chi connectivity index (χ0) is 17.0. The zero-order valence-corrected chi connectivity index (χ0v) is 13.3. The fourth-order valence-corrected chi connectivity index (χ4v) is 2.29. The number of carbonyl (C=O) groups is 1. The van der Waals surface area contributed by atoms with Crippen LogP contribution in [0.5, 0.6) is 0 Å². The average Bonchev–Trinajstić information content (AvgIpc) is 2.88. The first-order valence-corrected chi connectivity index (χ1v) is 7.25. The first-order chi connectivity index (χ1) is 11.0. The second-order valence-electron chi connectivity index (χ2n) is 5.20. The van der Waals surface area contributed by atoms with E-state index in [4.69, 9.17) is 4.74 Å². The predicted octanol–water partition coefficient (Wildman–Crippen LogP) is 2.52. The van der Waals surface area contributed by atoms with Crippen LogP contribution >= 0.6 is 0 Å². The van der Waals surface area contributed by atoms with Gasteiger partial charge in [-0.1, -0.05) is 13.0 Å². The number of halogens is 2. The van der Waals surface area contributed by atoms with E-state index in [1.54, 1.807) is 14.2 Å². The fourth-order valence-electron chi connectivity index (χ4n) is 2.29. The van der Waals surface area contributed by atoms with Gasteiger partial charge in [-0.15, -0.1) is 0 Å². The third-order valence-corrected chi connectivity index (χ3v) is 3.47. The molecule has 124 valence electrons. The molecule has 0 aliphatic rings. The number of aromatic nitrogens is 2. The van der Waals surface area contributed by atoms with E-state index in [9.17, 15) is 13.6 Å². The average molecular weight is 323 g/mol. The van der Waals surface area contributed by atoms with Gasteiger partial charge < -0.3 is 10.1 Å². The summed E-state index contributed by atoms with van der Waals surface area (Å²) in [5.41, 5.74) is -0.211. The molecule has 1 atom stereocenters. The number of ether oxygens (including phenoxy) is 1. The van der Waals surface area contributed by atoms with Gasteiger partial charge in [0.2, 0.25) is 0 Å². The minimum absolute atomic E-state index is 0.0205. The topological polar surface area (TPSA) is 56.1 Å². The molecule has 0 saturated heterocycles. The zero-order valence-electron chi connectivity index (χ0n) is 13.3. The maximum Gasteiger partial charge on any atom is 0.255 e. The Morgan fingerprint density at radius 3 is 2.61 bits per heavy atom. The van der Waals surface area contributed by atoms with Gasteiger partial charge in [0, 0.05) is 20.4 Å². The third kappa shape index (κ3) is 3.73. The number of nitrogens with one attached hydrogen (secondary N) is 1. The van der Waals surface area contributed by atoms with Gasteiger partial charge in [-0.3, -0.25) is 9.48 Å². The molecule has 0 radical (unpaired) electrons. The van der Waals surface area contributed by atoms with Crippen molar-refractivity contribution >= 4 is 5.91 Å². The summed E-state index contributed by atoms with van der Waals surface area (Å²) in [7, 11) is 3.13. The maximum absolute atomic E-state index is 14.0. The lowest BCUT2D eigenvalue weighted by Gasteiger charge is -2.15. The van der Waals surface area contributed by atoms with E-state index < -0.39 is 17.5 Å². The molecule has 7 heteroatoms. The molecule has 0 bridgehead atoms. The molecule has 1 aromatic heterocycles. The Bertz CT molecular complexity index is 680. The number of hydrogen-bond acceptors (Lipinski definition) is 3. The van der Waals surface area contributed by atoms with Crippen LogP contribution in [0.4, 0.5) is 8.78 Å². The van der Waals surface area contributed by atoms with Gasteiger partial charge in [-0.2, -0.15) is 5.10 Å². The highest BCUT2D eigenvalue weighted by molar-refractivity contribution is 6.00. The van der Waals surface area contributed by atoms with Gasteiger partial charge in [0.1, 0.15) is 17.3 Å². The smallest absolute Gasteiger partial charge is 0.255 e. The Morgan fingerprint density at radius 2 is 2.04 bits per heavy atom. The number of methoxy groups -OCH3 is 1. The third-order valence-electron chi connectivity index (χ3n) is 3.47. The molecule has 0 saturated carbocycles. The second kappa shape index (κ2) is 7.32. The van der Waals surface area contributed by atoms with Crippen LogP contribution in [0.15, 0.2) is 24.4 Å². The highest BCUT2D eigenvalue weighted by Crippen LogP contribution is 2.27. The number of nitrogens with zero attached hydrogens (tertiary/aromatic N) is 2. The number of amides is 1. The van der Waals surface area contributed by atoms with E-state index >= 15 is 0 Å². The van der Waals surface area contributed by atoms with E-state index in [2.05, 4.69) is 10.4 Å². The Morgan fingerprint density at radius 1 is 1.39 bits per heavy atom. The molecule has 23 heavy (non-hydrogen) atoms. The summed E-state index contributed by atoms with van der Waals surface area (Å²) < 4.78 is 34.4. The Labute approximate surface area is 133 Å². The quantitative estimate of drug-likeness (QED) is 0.889. The van der Waals surface area contributed by atoms with Crippen molar-refractivity contribution in [2.45, 2.75) is 19.4 Å². The van der Waals surface area contributed by atoms with Crippen molar-refractivity contribution in [2.75, 3.05) is 13.7 Å². The van der Waals surface area contributed by atoms with Gasteiger partial charge in [-0.05, 0) is 18.6 Å². The van der Waals surface area contributed by atoms with Gasteiger partial charge >= 0.3 is 0 Å². The van der Waals surface area contributed by atoms with Gasteiger partial charge in [0.25, 0.3) is 5.91 Å². The molecule has 2 aromatic rings. The molecule has 1 heterocycles. The monoisotopic (exact) mass is 323 g/mol. The van der Waals surface area contributed by atoms with Crippen LogP contribution in [0, 0.1) is 11.6 Å². The fraction of sp³-hybridized carbons (Fsp3) is 0.375. The van der Waals surface area contributed by atoms with Crippen LogP contribution in [0.1, 0.15) is 23.7 Å². The van der Waals surface area contributed by atoms with Crippen LogP contribution in [0.3, 0.4) is 0 Å². The molecule has 1 N–H and O–H groups in total. The summed E-state index contributed by atoms with van der Waals surface area (Å²) in [5, 5.41) is 6.83. The van der Waals surface area contributed by atoms with Crippen molar-refractivity contribution in [2.24, 2.45) is 7.05 Å². The first-order valence-electron chi connectivity index (χ1n) is 7.25. The summed E-state index contributed by atoms with van der Waals surface area (Å²) in [4.78, 5) is 12.5. The highest BCUT2D eigenvalue weighted by atomic mass is 19.1. The highest BCUT2D eigenvalue weighted by Gasteiger charge is 2.23. The maximum atomic E-state index is 14.0. The predicted molar refractivity (Wildman–Crippen MR) is 82.0 cm³/mol. The molecular formula is C16H19F2N3O2. The summed E-state index contributed by atoms with van der Waals surface area (Å²) in [6, 6.07) is 3.34. The lowest BCUT2D eigenvalue weighted by atomic mass is 10.1. The van der Waals surface area contributed by atoms with Gasteiger partial charge in [0.15, 0.2) is 0 Å². The van der Waals surface area contributed by atoms with Crippen molar-refractivity contribution < 1.29 is 18.3 Å². The van der Waals surface area contributed by atoms with E-state index in [0.29, 0.717) is 13.0 Å². The van der Waals surface area contributed by atoms with Gasteiger partial charge in [-0.25, -0.2) is 8.78 Å². The number of carbonyl (C=O) groups excluding carboxylic acids is 1. The molecule has 0 aliphatic heterocycles. The summed E-state index contributed by atoms with van der Waals surface area (Å²) >= 11 is 0. The lowest BCUT2D eigenvalue weighted by Crippen LogP contribution is -2.37. The molecule has 1 aromatic carbocycles. The van der Waals surface area contributed by atoms with E-state index in [-0.39, 0.29) is 22.9 Å². The van der Waals surface area contributed by atoms with E-state index in [0.717, 1.165) is 12.1 Å². The van der Waals surface area contributed by atoms with Crippen LogP contribution in [0.25, 0.3) is 11.3 Å². The molecule has 2 rings (SSSR count). The summed E-state index contributed by atoms with van der Waals surface area (Å²) in [5.74, 6) is -1.97. The molecule has 0 fully saturated rings. The van der Waals surface area contributed by atoms with Crippen molar-refractivity contribution in [3.8, 4) is 11.3 Å². The number of aryl methyl sites for hydroxylation is 1. The molecular weight excluding hydrogens is 304 g/mol. The Balaban J connectivity index is 2.40. The van der Waals surface area contributed by atoms with Crippen molar-refractivity contribution in [1.82, 2.24) is 15.1 Å². The van der Waals surface area contributed by atoms with Crippen molar-refractivity contribution in [3.05, 3.63) is 41.6 Å². The van der Waals surface area contributed by atoms with Crippen LogP contribution in [-0.4, -0.2) is 35.4 Å². The van der Waals surface area contributed by atoms with Crippen molar-refractivity contribution in [1.29, 1.82) is 0 Å². The molecule has 1 amide bonds. The van der Waals surface area contributed by atoms with Gasteiger partial charge in [0.05, 0.1) is 23.8 Å². The Hall–Kier alpha value is -2.28. The molecule has 5 nitrogen and oxygen atoms in total. The summed E-state index contributed by atoms with van der Waals surface area (Å²) in [6.45, 7) is 2.26. The van der Waals surface area contributed by atoms with Crippen molar-refractivity contribution in [3.63, 3.8) is 0 Å². The molecule has 0 aliphatic carbocycles. The number of benzene rings is 1. The summed E-state index contributed by atoms with van der Waals surface area (Å²) in [6.07, 6.45) is 2.11. The van der Waals surface area contributed by atoms with E-state index in [1.165, 1.54) is 16.9 Å². The lowest BCUT2D eigenvalue weighted by molar-refractivity contribution is 0.0895. The molecule has 0 spiro atoms. The second-order valence-corrected chi connectivity index (χ2v) is 5.20. The largest absolute Gasteiger partial charge is 0.383 e. The number of rotatable bonds is 6. The number of hydrogen-bond donors (Lipinski definition) is 1. The molecule has 1 unspecified atom stereocenters. The standard InChI is InChI=1S/C16H19F2N3O2/c1-4-10(9-23-3)19-16(22)11-8-21(2)20-15(11)14-12(17)6-5-7-13(14)18/h5-8,10H,4,9H2,1-3H3,(H,19,22). The van der Waals surface area contributed by atoms with E-state index in [1.807, 2.05) is 6.92 Å². The SMILES string of the molecule is CCC(COC)NC(=O)c1cn(C)nc1-c1c(F)cccc1F. The minimum Gasteiger partial charge on any atom is -0.383 e. The van der Waals surface area contributed by atoms with Crippen LogP contribution < -0.4 is 5.32 Å². The minimum atomic E-state index is -0.762. The van der Waals surface area contributed by atoms with Crippen LogP contribution in [0.2, 0.25) is 0 Å². The normalized spacial score (nSPS) is 12.2. The Kier molecular flexibility index (Phi) is 5.44. The van der Waals surface area contributed by atoms with Crippen LogP contribution in [-0.2, 0) is 11.8 Å². The first kappa shape index (κ1) is 17.1.